The van der Waals surface area contributed by atoms with Gasteiger partial charge >= 0.3 is 6.09 Å². The van der Waals surface area contributed by atoms with Gasteiger partial charge in [-0.3, -0.25) is 4.79 Å². The van der Waals surface area contributed by atoms with Crippen molar-refractivity contribution in [2.24, 2.45) is 11.8 Å². The Kier molecular flexibility index (Phi) is 6.81. The van der Waals surface area contributed by atoms with Crippen LogP contribution in [0, 0.1) is 18.8 Å². The van der Waals surface area contributed by atoms with Crippen molar-refractivity contribution in [2.75, 3.05) is 13.1 Å². The van der Waals surface area contributed by atoms with Crippen molar-refractivity contribution in [1.29, 1.82) is 0 Å². The lowest BCUT2D eigenvalue weighted by molar-refractivity contribution is -0.126. The fraction of sp³-hybridized carbons (Fsp3) is 0.636. The number of benzene rings is 1. The molecule has 0 bridgehead atoms. The van der Waals surface area contributed by atoms with E-state index < -0.39 is 0 Å². The molecule has 0 spiro atoms. The van der Waals surface area contributed by atoms with Crippen molar-refractivity contribution < 1.29 is 19.4 Å². The molecule has 3 rings (SSSR count). The number of likely N-dealkylation sites (tertiary alicyclic amines) is 1. The van der Waals surface area contributed by atoms with Crippen LogP contribution in [0.5, 0.6) is 5.75 Å². The van der Waals surface area contributed by atoms with E-state index in [1.807, 2.05) is 19.1 Å². The second kappa shape index (κ2) is 9.30. The van der Waals surface area contributed by atoms with Crippen LogP contribution in [0.1, 0.15) is 56.6 Å². The Bertz CT molecular complexity index is 690. The van der Waals surface area contributed by atoms with Crippen molar-refractivity contribution in [3.8, 4) is 5.75 Å². The number of hydrogen-bond donors (Lipinski definition) is 2. The van der Waals surface area contributed by atoms with Gasteiger partial charge < -0.3 is 20.1 Å². The molecule has 2 fully saturated rings. The van der Waals surface area contributed by atoms with Crippen LogP contribution < -0.4 is 5.32 Å². The number of ether oxygens (including phenoxy) is 1. The molecule has 1 aromatic carbocycles. The summed E-state index contributed by atoms with van der Waals surface area (Å²) in [5.41, 5.74) is 1.76. The molecular formula is C22H32N2O4. The molecule has 2 amide bonds. The fourth-order valence-corrected chi connectivity index (χ4v) is 4.05. The van der Waals surface area contributed by atoms with Crippen molar-refractivity contribution in [3.05, 3.63) is 29.3 Å². The predicted octanol–water partition coefficient (Wildman–Crippen LogP) is 3.74. The number of amides is 2. The second-order valence-corrected chi connectivity index (χ2v) is 8.37. The monoisotopic (exact) mass is 388 g/mol. The summed E-state index contributed by atoms with van der Waals surface area (Å²) in [6.07, 6.45) is 5.33. The quantitative estimate of drug-likeness (QED) is 0.823. The van der Waals surface area contributed by atoms with E-state index in [0.717, 1.165) is 42.7 Å². The van der Waals surface area contributed by atoms with Gasteiger partial charge in [0.25, 0.3) is 0 Å². The van der Waals surface area contributed by atoms with Gasteiger partial charge in [-0.2, -0.15) is 0 Å². The largest absolute Gasteiger partial charge is 0.508 e. The number of carbonyl (C=O) groups is 2. The highest BCUT2D eigenvalue weighted by Gasteiger charge is 2.30. The van der Waals surface area contributed by atoms with Gasteiger partial charge in [-0.15, -0.1) is 0 Å². The Balaban J connectivity index is 1.39. The van der Waals surface area contributed by atoms with Crippen LogP contribution in [0.25, 0.3) is 0 Å². The highest BCUT2D eigenvalue weighted by Crippen LogP contribution is 2.27. The standard InChI is InChI=1S/C22H32N2O4/c1-15-3-6-19(7-4-15)28-22(27)24-11-9-18(10-12-24)21(26)23-14-17-5-8-20(25)16(2)13-17/h5,8,13,15,18-19,25H,3-4,6-7,9-12,14H2,1-2H3,(H,23,26). The minimum atomic E-state index is -0.224. The summed E-state index contributed by atoms with van der Waals surface area (Å²) >= 11 is 0. The maximum absolute atomic E-state index is 12.5. The molecule has 6 heteroatoms. The molecule has 2 aliphatic rings. The Morgan fingerprint density at radius 3 is 2.46 bits per heavy atom. The summed E-state index contributed by atoms with van der Waals surface area (Å²) in [7, 11) is 0. The zero-order valence-corrected chi connectivity index (χ0v) is 16.9. The number of hydrogen-bond acceptors (Lipinski definition) is 4. The molecule has 0 atom stereocenters. The van der Waals surface area contributed by atoms with Crippen LogP contribution >= 0.6 is 0 Å². The molecule has 28 heavy (non-hydrogen) atoms. The lowest BCUT2D eigenvalue weighted by atomic mass is 9.89. The van der Waals surface area contributed by atoms with Gasteiger partial charge in [0.05, 0.1) is 0 Å². The van der Waals surface area contributed by atoms with Gasteiger partial charge in [-0.25, -0.2) is 4.79 Å². The van der Waals surface area contributed by atoms with Crippen LogP contribution in [0.2, 0.25) is 0 Å². The van der Waals surface area contributed by atoms with Crippen LogP contribution in [0.15, 0.2) is 18.2 Å². The van der Waals surface area contributed by atoms with E-state index in [9.17, 15) is 14.7 Å². The van der Waals surface area contributed by atoms with Crippen molar-refractivity contribution in [3.63, 3.8) is 0 Å². The summed E-state index contributed by atoms with van der Waals surface area (Å²) in [5, 5.41) is 12.6. The van der Waals surface area contributed by atoms with Gasteiger partial charge in [0.15, 0.2) is 0 Å². The Hall–Kier alpha value is -2.24. The summed E-state index contributed by atoms with van der Waals surface area (Å²) in [6.45, 7) is 5.67. The number of nitrogens with zero attached hydrogens (tertiary/aromatic N) is 1. The molecule has 6 nitrogen and oxygen atoms in total. The maximum atomic E-state index is 12.5. The smallest absolute Gasteiger partial charge is 0.410 e. The number of rotatable bonds is 4. The van der Waals surface area contributed by atoms with Crippen molar-refractivity contribution >= 4 is 12.0 Å². The van der Waals surface area contributed by atoms with Crippen LogP contribution in [0.3, 0.4) is 0 Å². The Morgan fingerprint density at radius 1 is 1.14 bits per heavy atom. The highest BCUT2D eigenvalue weighted by atomic mass is 16.6. The molecule has 1 aliphatic carbocycles. The highest BCUT2D eigenvalue weighted by molar-refractivity contribution is 5.79. The first-order valence-electron chi connectivity index (χ1n) is 10.4. The number of aromatic hydroxyl groups is 1. The second-order valence-electron chi connectivity index (χ2n) is 8.37. The third-order valence-electron chi connectivity index (χ3n) is 6.08. The van der Waals surface area contributed by atoms with Gasteiger partial charge in [0, 0.05) is 25.6 Å². The number of phenolic OH excluding ortho intramolecular Hbond substituents is 1. The lowest BCUT2D eigenvalue weighted by Crippen LogP contribution is -2.44. The number of nitrogens with one attached hydrogen (secondary N) is 1. The Morgan fingerprint density at radius 2 is 1.82 bits per heavy atom. The average Bonchev–Trinajstić information content (AvgIpc) is 2.70. The molecule has 1 saturated carbocycles. The van der Waals surface area contributed by atoms with E-state index in [2.05, 4.69) is 12.2 Å². The third kappa shape index (κ3) is 5.40. The topological polar surface area (TPSA) is 78.9 Å². The van der Waals surface area contributed by atoms with Crippen molar-refractivity contribution in [1.82, 2.24) is 10.2 Å². The number of carbonyl (C=O) groups excluding carboxylic acids is 2. The molecule has 2 N–H and O–H groups in total. The number of piperidine rings is 1. The molecule has 1 heterocycles. The molecule has 154 valence electrons. The van der Waals surface area contributed by atoms with Gasteiger partial charge in [0.1, 0.15) is 11.9 Å². The summed E-state index contributed by atoms with van der Waals surface area (Å²) in [5.74, 6) is 0.949. The third-order valence-corrected chi connectivity index (χ3v) is 6.08. The van der Waals surface area contributed by atoms with E-state index in [-0.39, 0.29) is 29.8 Å². The summed E-state index contributed by atoms with van der Waals surface area (Å²) in [6, 6.07) is 5.33. The van der Waals surface area contributed by atoms with E-state index in [0.29, 0.717) is 32.5 Å². The first kappa shape index (κ1) is 20.5. The Labute approximate surface area is 167 Å². The molecule has 1 aromatic rings. The van der Waals surface area contributed by atoms with Crippen molar-refractivity contribution in [2.45, 2.75) is 65.0 Å². The SMILES string of the molecule is Cc1cc(CNC(=O)C2CCN(C(=O)OC3CCC(C)CC3)CC2)ccc1O. The normalized spacial score (nSPS) is 23.3. The first-order chi connectivity index (χ1) is 13.4. The average molecular weight is 389 g/mol. The van der Waals surface area contributed by atoms with Gasteiger partial charge in [-0.1, -0.05) is 19.1 Å². The van der Waals surface area contributed by atoms with E-state index >= 15 is 0 Å². The van der Waals surface area contributed by atoms with Gasteiger partial charge in [-0.05, 0) is 68.6 Å². The summed E-state index contributed by atoms with van der Waals surface area (Å²) < 4.78 is 5.67. The van der Waals surface area contributed by atoms with Crippen LogP contribution in [0.4, 0.5) is 4.79 Å². The first-order valence-corrected chi connectivity index (χ1v) is 10.4. The maximum Gasteiger partial charge on any atom is 0.410 e. The predicted molar refractivity (Wildman–Crippen MR) is 107 cm³/mol. The fourth-order valence-electron chi connectivity index (χ4n) is 4.05. The van der Waals surface area contributed by atoms with Crippen LogP contribution in [-0.4, -0.2) is 41.2 Å². The molecular weight excluding hydrogens is 356 g/mol. The van der Waals surface area contributed by atoms with E-state index in [1.165, 1.54) is 0 Å². The minimum Gasteiger partial charge on any atom is -0.508 e. The van der Waals surface area contributed by atoms with E-state index in [4.69, 9.17) is 4.74 Å². The zero-order valence-electron chi connectivity index (χ0n) is 16.9. The lowest BCUT2D eigenvalue weighted by Gasteiger charge is -2.33. The van der Waals surface area contributed by atoms with Gasteiger partial charge in [0.2, 0.25) is 5.91 Å². The molecule has 1 saturated heterocycles. The molecule has 0 radical (unpaired) electrons. The minimum absolute atomic E-state index is 0.0278. The van der Waals surface area contributed by atoms with Crippen LogP contribution in [-0.2, 0) is 16.1 Å². The van der Waals surface area contributed by atoms with E-state index in [1.54, 1.807) is 11.0 Å². The molecule has 1 aliphatic heterocycles. The number of aryl methyl sites for hydroxylation is 1. The summed E-state index contributed by atoms with van der Waals surface area (Å²) in [4.78, 5) is 26.6. The zero-order chi connectivity index (χ0) is 20.1. The number of phenols is 1. The molecule has 0 unspecified atom stereocenters. The molecule has 0 aromatic heterocycles.